The van der Waals surface area contributed by atoms with E-state index in [4.69, 9.17) is 0 Å². The smallest absolute Gasteiger partial charge is 0.243 e. The predicted octanol–water partition coefficient (Wildman–Crippen LogP) is 1.06. The highest BCUT2D eigenvalue weighted by atomic mass is 32.2. The van der Waals surface area contributed by atoms with Gasteiger partial charge in [0.2, 0.25) is 10.0 Å². The third-order valence-electron chi connectivity index (χ3n) is 2.45. The molecular weight excluding hydrogens is 243 g/mol. The summed E-state index contributed by atoms with van der Waals surface area (Å²) < 4.78 is 39.2. The Bertz CT molecular complexity index is 462. The van der Waals surface area contributed by atoms with Gasteiger partial charge in [-0.05, 0) is 25.7 Å². The first-order valence-corrected chi connectivity index (χ1v) is 6.88. The van der Waals surface area contributed by atoms with E-state index in [1.165, 1.54) is 18.2 Å². The SMILES string of the molecule is CCN(C)CCNS(=O)(=O)c1ccccc1F. The predicted molar refractivity (Wildman–Crippen MR) is 64.8 cm³/mol. The van der Waals surface area contributed by atoms with Crippen LogP contribution in [0.1, 0.15) is 6.92 Å². The number of halogens is 1. The maximum atomic E-state index is 13.3. The quantitative estimate of drug-likeness (QED) is 0.832. The Hall–Kier alpha value is -0.980. The van der Waals surface area contributed by atoms with E-state index in [1.54, 1.807) is 0 Å². The number of rotatable bonds is 6. The molecule has 4 nitrogen and oxygen atoms in total. The van der Waals surface area contributed by atoms with Crippen LogP contribution < -0.4 is 4.72 Å². The van der Waals surface area contributed by atoms with Crippen LogP contribution in [0.4, 0.5) is 4.39 Å². The number of hydrogen-bond acceptors (Lipinski definition) is 3. The second kappa shape index (κ2) is 6.09. The van der Waals surface area contributed by atoms with Crippen molar-refractivity contribution >= 4 is 10.0 Å². The average molecular weight is 260 g/mol. The Morgan fingerprint density at radius 2 is 2.00 bits per heavy atom. The van der Waals surface area contributed by atoms with Crippen molar-refractivity contribution in [3.63, 3.8) is 0 Å². The largest absolute Gasteiger partial charge is 0.305 e. The highest BCUT2D eigenvalue weighted by molar-refractivity contribution is 7.89. The van der Waals surface area contributed by atoms with Crippen molar-refractivity contribution in [2.45, 2.75) is 11.8 Å². The normalized spacial score (nSPS) is 12.0. The molecule has 0 aliphatic heterocycles. The molecule has 0 aliphatic rings. The molecule has 1 aromatic carbocycles. The first-order chi connectivity index (χ1) is 7.97. The molecule has 0 bridgehead atoms. The van der Waals surface area contributed by atoms with Gasteiger partial charge in [0, 0.05) is 13.1 Å². The van der Waals surface area contributed by atoms with E-state index in [0.717, 1.165) is 12.6 Å². The monoisotopic (exact) mass is 260 g/mol. The first kappa shape index (κ1) is 14.1. The van der Waals surface area contributed by atoms with Gasteiger partial charge in [-0.2, -0.15) is 0 Å². The molecule has 17 heavy (non-hydrogen) atoms. The third kappa shape index (κ3) is 4.07. The van der Waals surface area contributed by atoms with Crippen LogP contribution in [0.25, 0.3) is 0 Å². The molecule has 0 fully saturated rings. The summed E-state index contributed by atoms with van der Waals surface area (Å²) in [7, 11) is -1.86. The zero-order valence-electron chi connectivity index (χ0n) is 9.98. The third-order valence-corrected chi connectivity index (χ3v) is 3.95. The highest BCUT2D eigenvalue weighted by Gasteiger charge is 2.17. The second-order valence-corrected chi connectivity index (χ2v) is 5.46. The van der Waals surface area contributed by atoms with Crippen LogP contribution in [0.15, 0.2) is 29.2 Å². The number of sulfonamides is 1. The minimum atomic E-state index is -3.75. The summed E-state index contributed by atoms with van der Waals surface area (Å²) in [6.07, 6.45) is 0. The summed E-state index contributed by atoms with van der Waals surface area (Å²) in [6, 6.07) is 5.34. The number of likely N-dealkylation sites (N-methyl/N-ethyl adjacent to an activating group) is 1. The Kier molecular flexibility index (Phi) is 5.04. The van der Waals surface area contributed by atoms with Crippen LogP contribution in [0.5, 0.6) is 0 Å². The fourth-order valence-electron chi connectivity index (χ4n) is 1.27. The molecule has 0 heterocycles. The summed E-state index contributed by atoms with van der Waals surface area (Å²) >= 11 is 0. The lowest BCUT2D eigenvalue weighted by molar-refractivity contribution is 0.358. The van der Waals surface area contributed by atoms with Gasteiger partial charge in [0.1, 0.15) is 10.7 Å². The fraction of sp³-hybridized carbons (Fsp3) is 0.455. The van der Waals surface area contributed by atoms with Crippen molar-refractivity contribution in [3.8, 4) is 0 Å². The summed E-state index contributed by atoms with van der Waals surface area (Å²) in [6.45, 7) is 3.66. The molecule has 0 aliphatic carbocycles. The van der Waals surface area contributed by atoms with E-state index in [-0.39, 0.29) is 11.4 Å². The Morgan fingerprint density at radius 1 is 1.35 bits per heavy atom. The molecule has 0 spiro atoms. The Balaban J connectivity index is 2.67. The topological polar surface area (TPSA) is 49.4 Å². The van der Waals surface area contributed by atoms with Gasteiger partial charge >= 0.3 is 0 Å². The molecule has 1 aromatic rings. The molecule has 0 saturated heterocycles. The zero-order valence-corrected chi connectivity index (χ0v) is 10.8. The Morgan fingerprint density at radius 3 is 2.59 bits per heavy atom. The molecule has 0 atom stereocenters. The lowest BCUT2D eigenvalue weighted by atomic mass is 10.4. The van der Waals surface area contributed by atoms with Crippen LogP contribution in [-0.2, 0) is 10.0 Å². The minimum absolute atomic E-state index is 0.265. The second-order valence-electron chi connectivity index (χ2n) is 3.72. The summed E-state index contributed by atoms with van der Waals surface area (Å²) in [5.74, 6) is -0.733. The van der Waals surface area contributed by atoms with E-state index >= 15 is 0 Å². The van der Waals surface area contributed by atoms with Gasteiger partial charge in [0.15, 0.2) is 0 Å². The average Bonchev–Trinajstić information content (AvgIpc) is 2.28. The maximum absolute atomic E-state index is 13.3. The van der Waals surface area contributed by atoms with Crippen molar-refractivity contribution in [2.24, 2.45) is 0 Å². The molecule has 0 radical (unpaired) electrons. The molecule has 0 amide bonds. The van der Waals surface area contributed by atoms with Crippen molar-refractivity contribution < 1.29 is 12.8 Å². The molecule has 0 aromatic heterocycles. The van der Waals surface area contributed by atoms with E-state index in [9.17, 15) is 12.8 Å². The molecule has 1 N–H and O–H groups in total. The number of nitrogens with one attached hydrogen (secondary N) is 1. The summed E-state index contributed by atoms with van der Waals surface area (Å²) in [5, 5.41) is 0. The lowest BCUT2D eigenvalue weighted by Crippen LogP contribution is -2.33. The van der Waals surface area contributed by atoms with Gasteiger partial charge in [0.25, 0.3) is 0 Å². The van der Waals surface area contributed by atoms with Gasteiger partial charge in [-0.1, -0.05) is 19.1 Å². The van der Waals surface area contributed by atoms with E-state index in [2.05, 4.69) is 4.72 Å². The minimum Gasteiger partial charge on any atom is -0.305 e. The number of benzene rings is 1. The van der Waals surface area contributed by atoms with Crippen LogP contribution in [0, 0.1) is 5.82 Å². The Labute approximate surface area is 101 Å². The molecule has 1 rings (SSSR count). The molecule has 0 unspecified atom stereocenters. The van der Waals surface area contributed by atoms with Gasteiger partial charge in [-0.25, -0.2) is 17.5 Å². The summed E-state index contributed by atoms with van der Waals surface area (Å²) in [4.78, 5) is 1.66. The van der Waals surface area contributed by atoms with E-state index in [0.29, 0.717) is 6.54 Å². The van der Waals surface area contributed by atoms with Crippen molar-refractivity contribution in [1.82, 2.24) is 9.62 Å². The molecule has 6 heteroatoms. The fourth-order valence-corrected chi connectivity index (χ4v) is 2.37. The number of hydrogen-bond donors (Lipinski definition) is 1. The van der Waals surface area contributed by atoms with Gasteiger partial charge in [0.05, 0.1) is 0 Å². The maximum Gasteiger partial charge on any atom is 0.243 e. The first-order valence-electron chi connectivity index (χ1n) is 5.40. The van der Waals surface area contributed by atoms with E-state index < -0.39 is 15.8 Å². The molecule has 96 valence electrons. The zero-order chi connectivity index (χ0) is 12.9. The van der Waals surface area contributed by atoms with Crippen molar-refractivity contribution in [2.75, 3.05) is 26.7 Å². The van der Waals surface area contributed by atoms with Crippen LogP contribution in [0.3, 0.4) is 0 Å². The lowest BCUT2D eigenvalue weighted by Gasteiger charge is -2.14. The van der Waals surface area contributed by atoms with Gasteiger partial charge in [-0.3, -0.25) is 0 Å². The highest BCUT2D eigenvalue weighted by Crippen LogP contribution is 2.12. The standard InChI is InChI=1S/C11H17FN2O2S/c1-3-14(2)9-8-13-17(15,16)11-7-5-4-6-10(11)12/h4-7,13H,3,8-9H2,1-2H3. The summed E-state index contributed by atoms with van der Waals surface area (Å²) in [5.41, 5.74) is 0. The van der Waals surface area contributed by atoms with Crippen molar-refractivity contribution in [3.05, 3.63) is 30.1 Å². The molecule has 0 saturated carbocycles. The van der Waals surface area contributed by atoms with E-state index in [1.807, 2.05) is 18.9 Å². The number of nitrogens with zero attached hydrogens (tertiary/aromatic N) is 1. The van der Waals surface area contributed by atoms with Crippen LogP contribution >= 0.6 is 0 Å². The van der Waals surface area contributed by atoms with Gasteiger partial charge in [-0.15, -0.1) is 0 Å². The van der Waals surface area contributed by atoms with Gasteiger partial charge < -0.3 is 4.90 Å². The van der Waals surface area contributed by atoms with Crippen LogP contribution in [-0.4, -0.2) is 40.0 Å². The molecular formula is C11H17FN2O2S. The van der Waals surface area contributed by atoms with Crippen molar-refractivity contribution in [1.29, 1.82) is 0 Å². The van der Waals surface area contributed by atoms with Crippen LogP contribution in [0.2, 0.25) is 0 Å².